The van der Waals surface area contributed by atoms with Crippen LogP contribution >= 0.6 is 0 Å². The zero-order valence-corrected chi connectivity index (χ0v) is 21.5. The van der Waals surface area contributed by atoms with Crippen LogP contribution in [0.2, 0.25) is 0 Å². The third-order valence-corrected chi connectivity index (χ3v) is 7.72. The molecule has 1 saturated heterocycles. The van der Waals surface area contributed by atoms with Crippen molar-refractivity contribution in [2.45, 2.75) is 47.0 Å². The lowest BCUT2D eigenvalue weighted by molar-refractivity contribution is -0.132. The second-order valence-electron chi connectivity index (χ2n) is 9.86. The molecule has 1 aromatic carbocycles. The van der Waals surface area contributed by atoms with Crippen molar-refractivity contribution in [3.8, 4) is 0 Å². The molecule has 4 aromatic rings. The monoisotopic (exact) mass is 487 g/mol. The second kappa shape index (κ2) is 9.90. The predicted octanol–water partition coefficient (Wildman–Crippen LogP) is 4.49. The number of aryl methyl sites for hydroxylation is 4. The highest BCUT2D eigenvalue weighted by Crippen LogP contribution is 2.34. The SMILES string of the molecule is Cc1oc2c(C)c3oc(=O)c(CCC(=O)N4CCN(CCc5ccncc5)CC4)c(C)c3cc2c1C. The van der Waals surface area contributed by atoms with Crippen molar-refractivity contribution in [1.29, 1.82) is 0 Å². The molecule has 7 nitrogen and oxygen atoms in total. The van der Waals surface area contributed by atoms with Gasteiger partial charge in [0.2, 0.25) is 5.91 Å². The molecule has 7 heteroatoms. The maximum atomic E-state index is 13.0. The number of amides is 1. The van der Waals surface area contributed by atoms with E-state index in [2.05, 4.69) is 16.0 Å². The number of benzene rings is 1. The van der Waals surface area contributed by atoms with Crippen LogP contribution in [0.1, 0.15) is 40.0 Å². The average Bonchev–Trinajstić information content (AvgIpc) is 3.18. The fourth-order valence-electron chi connectivity index (χ4n) is 5.23. The first-order chi connectivity index (χ1) is 17.3. The maximum Gasteiger partial charge on any atom is 0.339 e. The molecule has 0 radical (unpaired) electrons. The van der Waals surface area contributed by atoms with E-state index in [9.17, 15) is 9.59 Å². The lowest BCUT2D eigenvalue weighted by Gasteiger charge is -2.34. The van der Waals surface area contributed by atoms with Gasteiger partial charge in [-0.15, -0.1) is 0 Å². The Bertz CT molecular complexity index is 1480. The van der Waals surface area contributed by atoms with Gasteiger partial charge in [-0.3, -0.25) is 14.7 Å². The number of nitrogens with zero attached hydrogens (tertiary/aromatic N) is 3. The number of hydrogen-bond acceptors (Lipinski definition) is 6. The van der Waals surface area contributed by atoms with Crippen LogP contribution in [0.3, 0.4) is 0 Å². The molecule has 1 fully saturated rings. The topological polar surface area (TPSA) is 79.8 Å². The largest absolute Gasteiger partial charge is 0.461 e. The molecule has 4 heterocycles. The van der Waals surface area contributed by atoms with E-state index in [0.29, 0.717) is 24.0 Å². The van der Waals surface area contributed by atoms with E-state index in [-0.39, 0.29) is 11.5 Å². The molecule has 3 aromatic heterocycles. The molecule has 0 unspecified atom stereocenters. The number of piperazine rings is 1. The molecule has 1 aliphatic rings. The highest BCUT2D eigenvalue weighted by atomic mass is 16.4. The van der Waals surface area contributed by atoms with Gasteiger partial charge in [-0.2, -0.15) is 0 Å². The van der Waals surface area contributed by atoms with Crippen LogP contribution < -0.4 is 5.63 Å². The minimum absolute atomic E-state index is 0.0932. The molecular formula is C29H33N3O4. The van der Waals surface area contributed by atoms with Gasteiger partial charge in [-0.1, -0.05) is 0 Å². The number of furan rings is 1. The summed E-state index contributed by atoms with van der Waals surface area (Å²) in [4.78, 5) is 34.3. The number of hydrogen-bond donors (Lipinski definition) is 0. The van der Waals surface area contributed by atoms with Crippen LogP contribution in [-0.4, -0.2) is 53.4 Å². The fraction of sp³-hybridized carbons (Fsp3) is 0.414. The second-order valence-corrected chi connectivity index (χ2v) is 9.86. The van der Waals surface area contributed by atoms with Crippen molar-refractivity contribution >= 4 is 27.8 Å². The number of carbonyl (C=O) groups is 1. The van der Waals surface area contributed by atoms with E-state index in [1.54, 1.807) is 0 Å². The van der Waals surface area contributed by atoms with Gasteiger partial charge in [-0.05, 0) is 75.4 Å². The maximum absolute atomic E-state index is 13.0. The summed E-state index contributed by atoms with van der Waals surface area (Å²) in [6.07, 6.45) is 5.32. The molecule has 188 valence electrons. The molecule has 0 aliphatic carbocycles. The Morgan fingerprint density at radius 3 is 2.28 bits per heavy atom. The van der Waals surface area contributed by atoms with Crippen molar-refractivity contribution < 1.29 is 13.6 Å². The number of rotatable bonds is 6. The first-order valence-electron chi connectivity index (χ1n) is 12.7. The Kier molecular flexibility index (Phi) is 6.67. The van der Waals surface area contributed by atoms with Crippen molar-refractivity contribution in [2.75, 3.05) is 32.7 Å². The van der Waals surface area contributed by atoms with Crippen molar-refractivity contribution in [2.24, 2.45) is 0 Å². The van der Waals surface area contributed by atoms with Crippen molar-refractivity contribution in [3.63, 3.8) is 0 Å². The Hall–Kier alpha value is -3.45. The normalized spacial score (nSPS) is 14.7. The van der Waals surface area contributed by atoms with Gasteiger partial charge in [0.1, 0.15) is 16.9 Å². The summed E-state index contributed by atoms with van der Waals surface area (Å²) in [7, 11) is 0. The molecule has 0 saturated carbocycles. The quantitative estimate of drug-likeness (QED) is 0.373. The standard InChI is InChI=1S/C29H33N3O4/c1-18-21(4)35-27-20(3)28-25(17-24(18)27)19(2)23(29(34)36-28)5-6-26(33)32-15-13-31(14-16-32)12-9-22-7-10-30-11-8-22/h7-8,10-11,17H,5-6,9,12-16H2,1-4H3. The summed E-state index contributed by atoms with van der Waals surface area (Å²) in [5.41, 5.74) is 5.65. The third kappa shape index (κ3) is 4.55. The smallest absolute Gasteiger partial charge is 0.339 e. The lowest BCUT2D eigenvalue weighted by atomic mass is 9.98. The average molecular weight is 488 g/mol. The summed E-state index contributed by atoms with van der Waals surface area (Å²) in [6.45, 7) is 12.0. The molecule has 1 amide bonds. The Morgan fingerprint density at radius 2 is 1.56 bits per heavy atom. The lowest BCUT2D eigenvalue weighted by Crippen LogP contribution is -2.49. The van der Waals surface area contributed by atoms with Gasteiger partial charge >= 0.3 is 5.63 Å². The van der Waals surface area contributed by atoms with Crippen LogP contribution in [0, 0.1) is 27.7 Å². The van der Waals surface area contributed by atoms with Gasteiger partial charge in [-0.25, -0.2) is 4.79 Å². The summed E-state index contributed by atoms with van der Waals surface area (Å²) < 4.78 is 11.7. The first-order valence-corrected chi connectivity index (χ1v) is 12.7. The summed E-state index contributed by atoms with van der Waals surface area (Å²) in [6, 6.07) is 6.15. The van der Waals surface area contributed by atoms with Crippen molar-refractivity contribution in [3.05, 3.63) is 74.6 Å². The molecule has 0 atom stereocenters. The van der Waals surface area contributed by atoms with Gasteiger partial charge in [0, 0.05) is 73.4 Å². The predicted molar refractivity (Wildman–Crippen MR) is 140 cm³/mol. The molecule has 5 rings (SSSR count). The number of carbonyl (C=O) groups excluding carboxylic acids is 1. The van der Waals surface area contributed by atoms with Crippen LogP contribution in [0.25, 0.3) is 21.9 Å². The fourth-order valence-corrected chi connectivity index (χ4v) is 5.23. The van der Waals surface area contributed by atoms with Gasteiger partial charge in [0.15, 0.2) is 0 Å². The van der Waals surface area contributed by atoms with Crippen molar-refractivity contribution in [1.82, 2.24) is 14.8 Å². The summed E-state index contributed by atoms with van der Waals surface area (Å²) in [5.74, 6) is 0.960. The van der Waals surface area contributed by atoms with Crippen LogP contribution in [0.15, 0.2) is 44.2 Å². The molecule has 0 N–H and O–H groups in total. The minimum atomic E-state index is -0.365. The van der Waals surface area contributed by atoms with Crippen LogP contribution in [-0.2, 0) is 17.6 Å². The molecule has 0 bridgehead atoms. The van der Waals surface area contributed by atoms with Gasteiger partial charge < -0.3 is 13.7 Å². The first kappa shape index (κ1) is 24.3. The van der Waals surface area contributed by atoms with E-state index in [1.165, 1.54) is 5.56 Å². The third-order valence-electron chi connectivity index (χ3n) is 7.72. The highest BCUT2D eigenvalue weighted by molar-refractivity contribution is 6.00. The van der Waals surface area contributed by atoms with E-state index in [4.69, 9.17) is 8.83 Å². The van der Waals surface area contributed by atoms with E-state index < -0.39 is 0 Å². The highest BCUT2D eigenvalue weighted by Gasteiger charge is 2.23. The number of aromatic nitrogens is 1. The molecule has 1 aliphatic heterocycles. The number of fused-ring (bicyclic) bond motifs is 2. The zero-order chi connectivity index (χ0) is 25.4. The van der Waals surface area contributed by atoms with E-state index in [1.807, 2.05) is 57.1 Å². The number of pyridine rings is 1. The molecular weight excluding hydrogens is 454 g/mol. The van der Waals surface area contributed by atoms with Gasteiger partial charge in [0.25, 0.3) is 0 Å². The summed E-state index contributed by atoms with van der Waals surface area (Å²) in [5, 5.41) is 1.95. The van der Waals surface area contributed by atoms with Crippen LogP contribution in [0.4, 0.5) is 0 Å². The van der Waals surface area contributed by atoms with Crippen LogP contribution in [0.5, 0.6) is 0 Å². The Morgan fingerprint density at radius 1 is 0.889 bits per heavy atom. The molecule has 0 spiro atoms. The summed E-state index contributed by atoms with van der Waals surface area (Å²) >= 11 is 0. The van der Waals surface area contributed by atoms with E-state index in [0.717, 1.165) is 78.0 Å². The zero-order valence-electron chi connectivity index (χ0n) is 21.5. The van der Waals surface area contributed by atoms with Gasteiger partial charge in [0.05, 0.1) is 0 Å². The van der Waals surface area contributed by atoms with E-state index >= 15 is 0 Å². The molecule has 36 heavy (non-hydrogen) atoms. The minimum Gasteiger partial charge on any atom is -0.461 e. The Balaban J connectivity index is 1.25. The Labute approximate surface area is 210 Å².